The number of carbonyl (C=O) groups excluding carboxylic acids is 1. The Morgan fingerprint density at radius 2 is 1.94 bits per heavy atom. The predicted octanol–water partition coefficient (Wildman–Crippen LogP) is 2.44. The highest BCUT2D eigenvalue weighted by Crippen LogP contribution is 2.10. The van der Waals surface area contributed by atoms with Crippen molar-refractivity contribution in [3.63, 3.8) is 0 Å². The van der Waals surface area contributed by atoms with Gasteiger partial charge in [0.25, 0.3) is 0 Å². The molecule has 1 aromatic rings. The minimum atomic E-state index is -0.412. The second-order valence-electron chi connectivity index (χ2n) is 4.58. The summed E-state index contributed by atoms with van der Waals surface area (Å²) in [5.74, 6) is 0.352. The molecule has 0 spiro atoms. The van der Waals surface area contributed by atoms with Crippen LogP contribution in [0.3, 0.4) is 0 Å². The van der Waals surface area contributed by atoms with E-state index in [1.807, 2.05) is 24.3 Å². The summed E-state index contributed by atoms with van der Waals surface area (Å²) in [5, 5.41) is 2.84. The average molecular weight is 299 g/mol. The van der Waals surface area contributed by atoms with Gasteiger partial charge in [0, 0.05) is 11.0 Å². The van der Waals surface area contributed by atoms with Crippen molar-refractivity contribution in [2.24, 2.45) is 11.7 Å². The van der Waals surface area contributed by atoms with E-state index in [1.54, 1.807) is 0 Å². The third-order valence-electron chi connectivity index (χ3n) is 2.44. The zero-order valence-electron chi connectivity index (χ0n) is 10.2. The fourth-order valence-corrected chi connectivity index (χ4v) is 1.80. The molecule has 0 saturated carbocycles. The lowest BCUT2D eigenvalue weighted by Gasteiger charge is -2.14. The number of nitrogens with two attached hydrogens (primary N) is 1. The maximum atomic E-state index is 11.7. The van der Waals surface area contributed by atoms with Crippen LogP contribution < -0.4 is 11.1 Å². The van der Waals surface area contributed by atoms with E-state index >= 15 is 0 Å². The Bertz CT molecular complexity index is 362. The van der Waals surface area contributed by atoms with E-state index in [2.05, 4.69) is 35.1 Å². The van der Waals surface area contributed by atoms with Crippen LogP contribution in [0, 0.1) is 5.92 Å². The van der Waals surface area contributed by atoms with Gasteiger partial charge in [0.2, 0.25) is 5.91 Å². The quantitative estimate of drug-likeness (QED) is 0.877. The molecule has 94 valence electrons. The Balaban J connectivity index is 2.40. The number of amides is 1. The highest BCUT2D eigenvalue weighted by Gasteiger charge is 2.14. The van der Waals surface area contributed by atoms with Crippen LogP contribution in [-0.4, -0.2) is 11.9 Å². The lowest BCUT2D eigenvalue weighted by Crippen LogP contribution is -2.40. The van der Waals surface area contributed by atoms with Crippen LogP contribution in [-0.2, 0) is 11.3 Å². The molecule has 0 aliphatic heterocycles. The van der Waals surface area contributed by atoms with E-state index in [1.165, 1.54) is 0 Å². The molecule has 0 heterocycles. The molecule has 0 bridgehead atoms. The van der Waals surface area contributed by atoms with Crippen molar-refractivity contribution in [2.45, 2.75) is 32.9 Å². The van der Waals surface area contributed by atoms with Crippen LogP contribution in [0.5, 0.6) is 0 Å². The van der Waals surface area contributed by atoms with Gasteiger partial charge in [-0.25, -0.2) is 0 Å². The first kappa shape index (κ1) is 14.2. The summed E-state index contributed by atoms with van der Waals surface area (Å²) in [4.78, 5) is 11.7. The second kappa shape index (κ2) is 6.77. The van der Waals surface area contributed by atoms with Gasteiger partial charge in [-0.2, -0.15) is 0 Å². The first-order valence-electron chi connectivity index (χ1n) is 5.76. The number of nitrogens with one attached hydrogen (secondary N) is 1. The van der Waals surface area contributed by atoms with E-state index in [4.69, 9.17) is 5.73 Å². The molecule has 0 saturated heterocycles. The van der Waals surface area contributed by atoms with Gasteiger partial charge in [-0.1, -0.05) is 41.9 Å². The summed E-state index contributed by atoms with van der Waals surface area (Å²) < 4.78 is 1.03. The minimum absolute atomic E-state index is 0.0818. The lowest BCUT2D eigenvalue weighted by molar-refractivity contribution is -0.122. The van der Waals surface area contributed by atoms with Gasteiger partial charge in [-0.3, -0.25) is 4.79 Å². The van der Waals surface area contributed by atoms with Gasteiger partial charge >= 0.3 is 0 Å². The second-order valence-corrected chi connectivity index (χ2v) is 5.50. The first-order chi connectivity index (χ1) is 7.99. The number of halogens is 1. The maximum absolute atomic E-state index is 11.7. The number of rotatable bonds is 5. The van der Waals surface area contributed by atoms with Crippen LogP contribution in [0.15, 0.2) is 28.7 Å². The Kier molecular flexibility index (Phi) is 5.65. The molecule has 0 unspecified atom stereocenters. The van der Waals surface area contributed by atoms with E-state index in [-0.39, 0.29) is 5.91 Å². The van der Waals surface area contributed by atoms with Gasteiger partial charge in [0.1, 0.15) is 0 Å². The fraction of sp³-hybridized carbons (Fsp3) is 0.462. The number of hydrogen-bond donors (Lipinski definition) is 2. The van der Waals surface area contributed by atoms with Crippen LogP contribution in [0.4, 0.5) is 0 Å². The van der Waals surface area contributed by atoms with Gasteiger partial charge in [-0.15, -0.1) is 0 Å². The molecule has 0 aromatic heterocycles. The van der Waals surface area contributed by atoms with Crippen molar-refractivity contribution in [3.8, 4) is 0 Å². The molecule has 0 fully saturated rings. The molecule has 3 N–H and O–H groups in total. The molecule has 1 atom stereocenters. The molecule has 1 amide bonds. The predicted molar refractivity (Wildman–Crippen MR) is 73.4 cm³/mol. The Morgan fingerprint density at radius 1 is 1.35 bits per heavy atom. The summed E-state index contributed by atoms with van der Waals surface area (Å²) in [6.45, 7) is 4.64. The average Bonchev–Trinajstić information content (AvgIpc) is 2.27. The van der Waals surface area contributed by atoms with E-state index in [0.717, 1.165) is 10.0 Å². The SMILES string of the molecule is CC(C)C[C@H](N)C(=O)NCc1ccc(Br)cc1. The summed E-state index contributed by atoms with van der Waals surface area (Å²) >= 11 is 3.37. The van der Waals surface area contributed by atoms with Crippen LogP contribution >= 0.6 is 15.9 Å². The first-order valence-corrected chi connectivity index (χ1v) is 6.56. The molecule has 1 rings (SSSR count). The normalized spacial score (nSPS) is 12.5. The zero-order chi connectivity index (χ0) is 12.8. The summed E-state index contributed by atoms with van der Waals surface area (Å²) in [5.41, 5.74) is 6.85. The molecule has 17 heavy (non-hydrogen) atoms. The molecular formula is C13H19BrN2O. The lowest BCUT2D eigenvalue weighted by atomic mass is 10.0. The van der Waals surface area contributed by atoms with Crippen LogP contribution in [0.2, 0.25) is 0 Å². The smallest absolute Gasteiger partial charge is 0.237 e. The van der Waals surface area contributed by atoms with E-state index in [0.29, 0.717) is 18.9 Å². The van der Waals surface area contributed by atoms with Crippen molar-refractivity contribution in [2.75, 3.05) is 0 Å². The van der Waals surface area contributed by atoms with Gasteiger partial charge in [-0.05, 0) is 30.0 Å². The Morgan fingerprint density at radius 3 is 2.47 bits per heavy atom. The van der Waals surface area contributed by atoms with Crippen molar-refractivity contribution < 1.29 is 4.79 Å². The molecule has 1 aromatic carbocycles. The maximum Gasteiger partial charge on any atom is 0.237 e. The van der Waals surface area contributed by atoms with Crippen LogP contribution in [0.1, 0.15) is 25.8 Å². The monoisotopic (exact) mass is 298 g/mol. The molecule has 3 nitrogen and oxygen atoms in total. The minimum Gasteiger partial charge on any atom is -0.351 e. The van der Waals surface area contributed by atoms with Gasteiger partial charge in [0.05, 0.1) is 6.04 Å². The van der Waals surface area contributed by atoms with Crippen molar-refractivity contribution in [1.29, 1.82) is 0 Å². The van der Waals surface area contributed by atoms with Crippen molar-refractivity contribution in [3.05, 3.63) is 34.3 Å². The highest BCUT2D eigenvalue weighted by molar-refractivity contribution is 9.10. The van der Waals surface area contributed by atoms with Gasteiger partial charge < -0.3 is 11.1 Å². The number of hydrogen-bond acceptors (Lipinski definition) is 2. The zero-order valence-corrected chi connectivity index (χ0v) is 11.8. The Hall–Kier alpha value is -0.870. The fourth-order valence-electron chi connectivity index (χ4n) is 1.54. The van der Waals surface area contributed by atoms with E-state index < -0.39 is 6.04 Å². The Labute approximate surface area is 111 Å². The molecule has 0 aliphatic rings. The molecule has 0 aliphatic carbocycles. The van der Waals surface area contributed by atoms with Gasteiger partial charge in [0.15, 0.2) is 0 Å². The number of benzene rings is 1. The van der Waals surface area contributed by atoms with E-state index in [9.17, 15) is 4.79 Å². The topological polar surface area (TPSA) is 55.1 Å². The largest absolute Gasteiger partial charge is 0.351 e. The molecular weight excluding hydrogens is 280 g/mol. The third-order valence-corrected chi connectivity index (χ3v) is 2.97. The highest BCUT2D eigenvalue weighted by atomic mass is 79.9. The summed E-state index contributed by atoms with van der Waals surface area (Å²) in [6, 6.07) is 7.44. The van der Waals surface area contributed by atoms with Crippen molar-refractivity contribution >= 4 is 21.8 Å². The summed E-state index contributed by atoms with van der Waals surface area (Å²) in [6.07, 6.45) is 0.714. The molecule has 0 radical (unpaired) electrons. The summed E-state index contributed by atoms with van der Waals surface area (Å²) in [7, 11) is 0. The third kappa shape index (κ3) is 5.33. The van der Waals surface area contributed by atoms with Crippen LogP contribution in [0.25, 0.3) is 0 Å². The number of carbonyl (C=O) groups is 1. The van der Waals surface area contributed by atoms with Crippen molar-refractivity contribution in [1.82, 2.24) is 5.32 Å². The molecule has 4 heteroatoms. The standard InChI is InChI=1S/C13H19BrN2O/c1-9(2)7-12(15)13(17)16-8-10-3-5-11(14)6-4-10/h3-6,9,12H,7-8,15H2,1-2H3,(H,16,17)/t12-/m0/s1.